The number of benzene rings is 1. The first-order valence-corrected chi connectivity index (χ1v) is 3.92. The molecule has 0 aliphatic heterocycles. The maximum Gasteiger partial charge on any atom is 0.363 e. The molecular weight excluding hydrogens is 182 g/mol. The van der Waals surface area contributed by atoms with Crippen LogP contribution in [0.5, 0.6) is 0 Å². The summed E-state index contributed by atoms with van der Waals surface area (Å²) < 4.78 is 4.92. The van der Waals surface area contributed by atoms with Crippen LogP contribution in [0.25, 0.3) is 11.0 Å². The number of rotatable bonds is 1. The molecule has 14 heavy (non-hydrogen) atoms. The van der Waals surface area contributed by atoms with Crippen LogP contribution in [0.1, 0.15) is 0 Å². The summed E-state index contributed by atoms with van der Waals surface area (Å²) in [4.78, 5) is 24.4. The van der Waals surface area contributed by atoms with Crippen molar-refractivity contribution in [1.82, 2.24) is 0 Å². The van der Waals surface area contributed by atoms with Crippen molar-refractivity contribution in [3.8, 4) is 0 Å². The molecule has 0 aliphatic carbocycles. The van der Waals surface area contributed by atoms with Crippen LogP contribution in [-0.4, -0.2) is 6.08 Å². The number of isocyanates is 1. The zero-order valence-corrected chi connectivity index (χ0v) is 7.06. The van der Waals surface area contributed by atoms with E-state index < -0.39 is 5.63 Å². The number of aliphatic imine (C=N–C) groups is 1. The Bertz CT molecular complexity index is 579. The molecule has 0 atom stereocenters. The third kappa shape index (κ3) is 1.34. The first-order chi connectivity index (χ1) is 6.81. The molecule has 0 unspecified atom stereocenters. The van der Waals surface area contributed by atoms with Crippen LogP contribution in [0.15, 0.2) is 44.5 Å². The lowest BCUT2D eigenvalue weighted by atomic mass is 10.2. The van der Waals surface area contributed by atoms with Gasteiger partial charge >= 0.3 is 5.63 Å². The summed E-state index contributed by atoms with van der Waals surface area (Å²) in [6.07, 6.45) is 1.30. The van der Waals surface area contributed by atoms with E-state index in [0.29, 0.717) is 5.58 Å². The second kappa shape index (κ2) is 3.28. The minimum atomic E-state index is -0.632. The number of para-hydroxylation sites is 1. The summed E-state index contributed by atoms with van der Waals surface area (Å²) >= 11 is 0. The minimum absolute atomic E-state index is 0.0290. The van der Waals surface area contributed by atoms with E-state index >= 15 is 0 Å². The van der Waals surface area contributed by atoms with Gasteiger partial charge < -0.3 is 4.42 Å². The lowest BCUT2D eigenvalue weighted by molar-refractivity contribution is 0.557. The Morgan fingerprint density at radius 2 is 2.07 bits per heavy atom. The lowest BCUT2D eigenvalue weighted by Crippen LogP contribution is -1.96. The number of nitrogens with zero attached hydrogens (tertiary/aromatic N) is 1. The van der Waals surface area contributed by atoms with Crippen LogP contribution >= 0.6 is 0 Å². The van der Waals surface area contributed by atoms with E-state index in [0.717, 1.165) is 5.39 Å². The Labute approximate surface area is 78.5 Å². The van der Waals surface area contributed by atoms with E-state index in [-0.39, 0.29) is 5.69 Å². The highest BCUT2D eigenvalue weighted by Crippen LogP contribution is 2.16. The van der Waals surface area contributed by atoms with Crippen molar-refractivity contribution in [3.63, 3.8) is 0 Å². The van der Waals surface area contributed by atoms with E-state index in [2.05, 4.69) is 4.99 Å². The molecule has 0 saturated carbocycles. The second-order valence-corrected chi connectivity index (χ2v) is 2.66. The molecule has 0 saturated heterocycles. The average molecular weight is 187 g/mol. The molecule has 4 heteroatoms. The molecule has 0 N–H and O–H groups in total. The van der Waals surface area contributed by atoms with E-state index in [1.54, 1.807) is 24.3 Å². The van der Waals surface area contributed by atoms with Gasteiger partial charge in [0.1, 0.15) is 5.58 Å². The molecule has 0 radical (unpaired) electrons. The molecule has 0 amide bonds. The van der Waals surface area contributed by atoms with Gasteiger partial charge in [-0.25, -0.2) is 9.59 Å². The predicted molar refractivity (Wildman–Crippen MR) is 50.3 cm³/mol. The van der Waals surface area contributed by atoms with Crippen LogP contribution < -0.4 is 5.63 Å². The zero-order chi connectivity index (χ0) is 9.97. The normalized spacial score (nSPS) is 9.71. The third-order valence-corrected chi connectivity index (χ3v) is 1.79. The van der Waals surface area contributed by atoms with Crippen molar-refractivity contribution in [2.75, 3.05) is 0 Å². The summed E-state index contributed by atoms with van der Waals surface area (Å²) in [6, 6.07) is 8.49. The van der Waals surface area contributed by atoms with Gasteiger partial charge in [0.05, 0.1) is 0 Å². The molecule has 2 rings (SSSR count). The van der Waals surface area contributed by atoms with E-state index in [9.17, 15) is 9.59 Å². The maximum absolute atomic E-state index is 11.2. The van der Waals surface area contributed by atoms with Crippen molar-refractivity contribution in [3.05, 3.63) is 40.8 Å². The highest BCUT2D eigenvalue weighted by atomic mass is 16.4. The van der Waals surface area contributed by atoms with Gasteiger partial charge in [-0.15, -0.1) is 0 Å². The van der Waals surface area contributed by atoms with Gasteiger partial charge in [0.2, 0.25) is 6.08 Å². The Balaban J connectivity index is 2.83. The fourth-order valence-corrected chi connectivity index (χ4v) is 1.18. The monoisotopic (exact) mass is 187 g/mol. The summed E-state index contributed by atoms with van der Waals surface area (Å²) in [5.41, 5.74) is -0.187. The van der Waals surface area contributed by atoms with Gasteiger partial charge in [0.15, 0.2) is 5.69 Å². The van der Waals surface area contributed by atoms with E-state index in [1.165, 1.54) is 12.1 Å². The average Bonchev–Trinajstić information content (AvgIpc) is 2.19. The third-order valence-electron chi connectivity index (χ3n) is 1.79. The fraction of sp³-hybridized carbons (Fsp3) is 0. The van der Waals surface area contributed by atoms with Gasteiger partial charge in [-0.1, -0.05) is 18.2 Å². The van der Waals surface area contributed by atoms with E-state index in [1.807, 2.05) is 0 Å². The summed E-state index contributed by atoms with van der Waals surface area (Å²) in [5, 5.41) is 0.723. The maximum atomic E-state index is 11.2. The second-order valence-electron chi connectivity index (χ2n) is 2.66. The zero-order valence-electron chi connectivity index (χ0n) is 7.06. The topological polar surface area (TPSA) is 59.6 Å². The molecule has 0 spiro atoms. The standard InChI is InChI=1S/C10H5NO3/c12-6-11-8-5-7-3-1-2-4-9(7)14-10(8)13/h1-5H. The highest BCUT2D eigenvalue weighted by Gasteiger charge is 2.02. The number of hydrogen-bond acceptors (Lipinski definition) is 4. The summed E-state index contributed by atoms with van der Waals surface area (Å²) in [5.74, 6) is 0. The molecule has 1 aromatic carbocycles. The molecule has 68 valence electrons. The van der Waals surface area contributed by atoms with E-state index in [4.69, 9.17) is 4.42 Å². The van der Waals surface area contributed by atoms with Gasteiger partial charge in [0.25, 0.3) is 0 Å². The molecule has 4 nitrogen and oxygen atoms in total. The molecule has 0 fully saturated rings. The fourth-order valence-electron chi connectivity index (χ4n) is 1.18. The number of hydrogen-bond donors (Lipinski definition) is 0. The predicted octanol–water partition coefficient (Wildman–Crippen LogP) is 1.76. The Morgan fingerprint density at radius 3 is 2.86 bits per heavy atom. The van der Waals surface area contributed by atoms with Crippen LogP contribution in [-0.2, 0) is 4.79 Å². The minimum Gasteiger partial charge on any atom is -0.421 e. The van der Waals surface area contributed by atoms with Crippen LogP contribution in [0.3, 0.4) is 0 Å². The Morgan fingerprint density at radius 1 is 1.29 bits per heavy atom. The van der Waals surface area contributed by atoms with Gasteiger partial charge in [0, 0.05) is 5.39 Å². The van der Waals surface area contributed by atoms with Crippen LogP contribution in [0.2, 0.25) is 0 Å². The van der Waals surface area contributed by atoms with Crippen molar-refractivity contribution in [2.45, 2.75) is 0 Å². The number of fused-ring (bicyclic) bond motifs is 1. The summed E-state index contributed by atoms with van der Waals surface area (Å²) in [6.45, 7) is 0. The van der Waals surface area contributed by atoms with Crippen molar-refractivity contribution < 1.29 is 9.21 Å². The van der Waals surface area contributed by atoms with Gasteiger partial charge in [-0.3, -0.25) is 0 Å². The summed E-state index contributed by atoms with van der Waals surface area (Å²) in [7, 11) is 0. The highest BCUT2D eigenvalue weighted by molar-refractivity contribution is 5.79. The quantitative estimate of drug-likeness (QED) is 0.388. The molecular formula is C10H5NO3. The smallest absolute Gasteiger partial charge is 0.363 e. The Kier molecular flexibility index (Phi) is 1.97. The van der Waals surface area contributed by atoms with Crippen LogP contribution in [0.4, 0.5) is 5.69 Å². The first kappa shape index (κ1) is 8.41. The molecule has 1 aromatic heterocycles. The largest absolute Gasteiger partial charge is 0.421 e. The molecule has 0 bridgehead atoms. The van der Waals surface area contributed by atoms with Crippen molar-refractivity contribution in [2.24, 2.45) is 4.99 Å². The van der Waals surface area contributed by atoms with Gasteiger partial charge in [-0.2, -0.15) is 4.99 Å². The van der Waals surface area contributed by atoms with Crippen LogP contribution in [0, 0.1) is 0 Å². The molecule has 1 heterocycles. The first-order valence-electron chi connectivity index (χ1n) is 3.92. The van der Waals surface area contributed by atoms with Gasteiger partial charge in [-0.05, 0) is 12.1 Å². The Hall–Kier alpha value is -2.19. The van der Waals surface area contributed by atoms with Crippen molar-refractivity contribution in [1.29, 1.82) is 0 Å². The molecule has 0 aliphatic rings. The lowest BCUT2D eigenvalue weighted by Gasteiger charge is -1.94. The SMILES string of the molecule is O=C=Nc1cc2ccccc2oc1=O. The molecule has 2 aromatic rings. The number of carbonyl (C=O) groups excluding carboxylic acids is 1. The van der Waals surface area contributed by atoms with Crippen molar-refractivity contribution >= 4 is 22.7 Å².